The van der Waals surface area contributed by atoms with E-state index in [1.54, 1.807) is 18.6 Å². The molecular formula is C18H19FN2O3. The molecule has 0 radical (unpaired) electrons. The molecule has 1 aromatic carbocycles. The van der Waals surface area contributed by atoms with Gasteiger partial charge in [0.25, 0.3) is 0 Å². The first-order valence-electron chi connectivity index (χ1n) is 8.18. The third kappa shape index (κ3) is 3.22. The number of carbonyl (C=O) groups is 1. The Morgan fingerprint density at radius 3 is 2.96 bits per heavy atom. The number of amides is 2. The van der Waals surface area contributed by atoms with Crippen molar-refractivity contribution in [2.45, 2.75) is 37.9 Å². The number of carbonyl (C=O) groups excluding carboxylic acids is 1. The summed E-state index contributed by atoms with van der Waals surface area (Å²) in [6.45, 7) is 0.898. The highest BCUT2D eigenvalue weighted by molar-refractivity contribution is 5.75. The zero-order valence-corrected chi connectivity index (χ0v) is 13.2. The van der Waals surface area contributed by atoms with Crippen LogP contribution in [0.25, 0.3) is 0 Å². The Hall–Kier alpha value is -2.50. The molecule has 1 aliphatic carbocycles. The first kappa shape index (κ1) is 15.1. The van der Waals surface area contributed by atoms with E-state index in [4.69, 9.17) is 9.15 Å². The molecule has 0 spiro atoms. The molecule has 24 heavy (non-hydrogen) atoms. The standard InChI is InChI=1S/C18H19FN2O3/c19-14-2-1-13-7-15(11-24-17(13)8-14)20-18(22)21(16-3-4-16)9-12-5-6-23-10-12/h1-2,5-6,8,10,15-16H,3-4,7,9,11H2,(H,20,22). The van der Waals surface area contributed by atoms with Gasteiger partial charge in [-0.15, -0.1) is 0 Å². The van der Waals surface area contributed by atoms with Crippen LogP contribution >= 0.6 is 0 Å². The first-order chi connectivity index (χ1) is 11.7. The van der Waals surface area contributed by atoms with Crippen LogP contribution in [0.5, 0.6) is 5.75 Å². The monoisotopic (exact) mass is 330 g/mol. The van der Waals surface area contributed by atoms with Crippen molar-refractivity contribution in [1.29, 1.82) is 0 Å². The number of urea groups is 1. The Bertz CT molecular complexity index is 728. The zero-order valence-electron chi connectivity index (χ0n) is 13.2. The van der Waals surface area contributed by atoms with Gasteiger partial charge in [-0.05, 0) is 37.0 Å². The Morgan fingerprint density at radius 2 is 2.21 bits per heavy atom. The minimum Gasteiger partial charge on any atom is -0.491 e. The molecule has 1 N–H and O–H groups in total. The van der Waals surface area contributed by atoms with Crippen molar-refractivity contribution in [3.8, 4) is 5.75 Å². The topological polar surface area (TPSA) is 54.7 Å². The average Bonchev–Trinajstić information content (AvgIpc) is 3.28. The van der Waals surface area contributed by atoms with Crippen LogP contribution in [0.1, 0.15) is 24.0 Å². The van der Waals surface area contributed by atoms with E-state index in [1.807, 2.05) is 11.0 Å². The fraction of sp³-hybridized carbons (Fsp3) is 0.389. The minimum atomic E-state index is -0.309. The van der Waals surface area contributed by atoms with Crippen LogP contribution in [0.4, 0.5) is 9.18 Å². The lowest BCUT2D eigenvalue weighted by Gasteiger charge is -2.29. The fourth-order valence-electron chi connectivity index (χ4n) is 3.03. The summed E-state index contributed by atoms with van der Waals surface area (Å²) < 4.78 is 23.9. The van der Waals surface area contributed by atoms with Crippen molar-refractivity contribution >= 4 is 6.03 Å². The van der Waals surface area contributed by atoms with Crippen LogP contribution in [-0.2, 0) is 13.0 Å². The van der Waals surface area contributed by atoms with Crippen LogP contribution in [0.3, 0.4) is 0 Å². The molecule has 1 aliphatic heterocycles. The number of benzene rings is 1. The van der Waals surface area contributed by atoms with Crippen LogP contribution in [0.15, 0.2) is 41.2 Å². The van der Waals surface area contributed by atoms with Crippen LogP contribution in [0.2, 0.25) is 0 Å². The van der Waals surface area contributed by atoms with Gasteiger partial charge in [0.05, 0.1) is 25.1 Å². The molecule has 1 atom stereocenters. The molecule has 126 valence electrons. The second kappa shape index (κ2) is 6.19. The zero-order chi connectivity index (χ0) is 16.5. The number of fused-ring (bicyclic) bond motifs is 1. The second-order valence-corrected chi connectivity index (χ2v) is 6.40. The highest BCUT2D eigenvalue weighted by Gasteiger charge is 2.34. The Morgan fingerprint density at radius 1 is 1.33 bits per heavy atom. The third-order valence-corrected chi connectivity index (χ3v) is 4.44. The second-order valence-electron chi connectivity index (χ2n) is 6.40. The van der Waals surface area contributed by atoms with Crippen molar-refractivity contribution in [2.24, 2.45) is 0 Å². The van der Waals surface area contributed by atoms with Gasteiger partial charge in [0, 0.05) is 17.7 Å². The summed E-state index contributed by atoms with van der Waals surface area (Å²) in [4.78, 5) is 14.5. The molecule has 4 rings (SSSR count). The molecule has 2 aliphatic rings. The molecule has 2 aromatic rings. The highest BCUT2D eigenvalue weighted by atomic mass is 19.1. The number of furan rings is 1. The van der Waals surface area contributed by atoms with E-state index >= 15 is 0 Å². The lowest BCUT2D eigenvalue weighted by Crippen LogP contribution is -2.49. The lowest BCUT2D eigenvalue weighted by molar-refractivity contribution is 0.175. The summed E-state index contributed by atoms with van der Waals surface area (Å²) in [5, 5.41) is 3.05. The number of nitrogens with zero attached hydrogens (tertiary/aromatic N) is 1. The van der Waals surface area contributed by atoms with Gasteiger partial charge < -0.3 is 19.4 Å². The van der Waals surface area contributed by atoms with Gasteiger partial charge in [-0.1, -0.05) is 6.07 Å². The Labute approximate surface area is 139 Å². The molecule has 5 nitrogen and oxygen atoms in total. The molecule has 0 saturated heterocycles. The number of ether oxygens (including phenoxy) is 1. The summed E-state index contributed by atoms with van der Waals surface area (Å²) in [6, 6.07) is 6.50. The van der Waals surface area contributed by atoms with Crippen molar-refractivity contribution in [1.82, 2.24) is 10.2 Å². The van der Waals surface area contributed by atoms with Gasteiger partial charge in [-0.25, -0.2) is 9.18 Å². The molecule has 2 heterocycles. The highest BCUT2D eigenvalue weighted by Crippen LogP contribution is 2.29. The van der Waals surface area contributed by atoms with Gasteiger partial charge >= 0.3 is 6.03 Å². The number of halogens is 1. The maximum absolute atomic E-state index is 13.2. The molecule has 1 unspecified atom stereocenters. The Balaban J connectivity index is 1.40. The van der Waals surface area contributed by atoms with E-state index in [-0.39, 0.29) is 17.9 Å². The predicted octanol–water partition coefficient (Wildman–Crippen LogP) is 3.10. The van der Waals surface area contributed by atoms with Gasteiger partial charge in [-0.2, -0.15) is 0 Å². The molecule has 2 amide bonds. The molecular weight excluding hydrogens is 311 g/mol. The van der Waals surface area contributed by atoms with Crippen LogP contribution in [0, 0.1) is 5.82 Å². The summed E-state index contributed by atoms with van der Waals surface area (Å²) >= 11 is 0. The van der Waals surface area contributed by atoms with Crippen molar-refractivity contribution in [3.05, 3.63) is 53.7 Å². The van der Waals surface area contributed by atoms with Gasteiger partial charge in [-0.3, -0.25) is 0 Å². The quantitative estimate of drug-likeness (QED) is 0.937. The summed E-state index contributed by atoms with van der Waals surface area (Å²) in [5.74, 6) is 0.259. The number of nitrogens with one attached hydrogen (secondary N) is 1. The van der Waals surface area contributed by atoms with Crippen molar-refractivity contribution in [2.75, 3.05) is 6.61 Å². The Kier molecular flexibility index (Phi) is 3.88. The molecule has 6 heteroatoms. The summed E-state index contributed by atoms with van der Waals surface area (Å²) in [5.41, 5.74) is 1.90. The lowest BCUT2D eigenvalue weighted by atomic mass is 10.0. The van der Waals surface area contributed by atoms with E-state index in [0.717, 1.165) is 24.0 Å². The normalized spacial score (nSPS) is 19.3. The minimum absolute atomic E-state index is 0.0853. The van der Waals surface area contributed by atoms with Gasteiger partial charge in [0.2, 0.25) is 0 Å². The van der Waals surface area contributed by atoms with E-state index < -0.39 is 0 Å². The first-order valence-corrected chi connectivity index (χ1v) is 8.18. The smallest absolute Gasteiger partial charge is 0.318 e. The van der Waals surface area contributed by atoms with Gasteiger partial charge in [0.1, 0.15) is 18.2 Å². The van der Waals surface area contributed by atoms with Crippen molar-refractivity contribution in [3.63, 3.8) is 0 Å². The number of hydrogen-bond donors (Lipinski definition) is 1. The van der Waals surface area contributed by atoms with Crippen LogP contribution in [-0.4, -0.2) is 29.6 Å². The van der Waals surface area contributed by atoms with Crippen molar-refractivity contribution < 1.29 is 18.3 Å². The summed E-state index contributed by atoms with van der Waals surface area (Å²) in [7, 11) is 0. The van der Waals surface area contributed by atoms with Gasteiger partial charge in [0.15, 0.2) is 0 Å². The molecule has 1 aromatic heterocycles. The summed E-state index contributed by atoms with van der Waals surface area (Å²) in [6.07, 6.45) is 6.00. The number of rotatable bonds is 4. The van der Waals surface area contributed by atoms with E-state index in [0.29, 0.717) is 31.4 Å². The van der Waals surface area contributed by atoms with E-state index in [2.05, 4.69) is 5.32 Å². The predicted molar refractivity (Wildman–Crippen MR) is 85.2 cm³/mol. The number of hydrogen-bond acceptors (Lipinski definition) is 3. The largest absolute Gasteiger partial charge is 0.491 e. The molecule has 0 bridgehead atoms. The van der Waals surface area contributed by atoms with E-state index in [9.17, 15) is 9.18 Å². The maximum atomic E-state index is 13.2. The maximum Gasteiger partial charge on any atom is 0.318 e. The fourth-order valence-corrected chi connectivity index (χ4v) is 3.03. The molecule has 1 fully saturated rings. The van der Waals surface area contributed by atoms with E-state index in [1.165, 1.54) is 12.1 Å². The van der Waals surface area contributed by atoms with Crippen LogP contribution < -0.4 is 10.1 Å². The molecule has 1 saturated carbocycles. The average molecular weight is 330 g/mol. The third-order valence-electron chi connectivity index (χ3n) is 4.44. The SMILES string of the molecule is O=C(NC1COc2cc(F)ccc2C1)N(Cc1ccoc1)C1CC1.